The number of hydrogen-bond donors (Lipinski definition) is 1. The van der Waals surface area contributed by atoms with Crippen molar-refractivity contribution in [3.8, 4) is 0 Å². The zero-order valence-electron chi connectivity index (χ0n) is 19.8. The average Bonchev–Trinajstić information content (AvgIpc) is 3.12. The second-order valence-corrected chi connectivity index (χ2v) is 10.2. The fraction of sp³-hybridized carbons (Fsp3) is 0.286. The fourth-order valence-corrected chi connectivity index (χ4v) is 3.60. The summed E-state index contributed by atoms with van der Waals surface area (Å²) in [6, 6.07) is 17.5. The molecule has 0 aliphatic carbocycles. The van der Waals surface area contributed by atoms with Gasteiger partial charge in [0, 0.05) is 31.7 Å². The largest absolute Gasteiger partial charge is 0.511 e. The maximum absolute atomic E-state index is 9.60. The number of carbonyl (C=O) groups excluding carboxylic acids is 1. The molecule has 1 radical (unpaired) electrons. The van der Waals surface area contributed by atoms with Crippen molar-refractivity contribution in [2.45, 2.75) is 41.5 Å². The van der Waals surface area contributed by atoms with Gasteiger partial charge in [0.2, 0.25) is 0 Å². The Morgan fingerprint density at radius 3 is 2.27 bits per heavy atom. The van der Waals surface area contributed by atoms with E-state index >= 15 is 0 Å². The van der Waals surface area contributed by atoms with E-state index in [0.717, 1.165) is 32.8 Å². The Hall–Kier alpha value is -2.75. The van der Waals surface area contributed by atoms with E-state index in [4.69, 9.17) is 4.42 Å². The second kappa shape index (κ2) is 8.89. The number of benzene rings is 3. The SMILES string of the molecule is CC(C)(C)C(=[OH+])/C=C(\O)C(C)(C)C.[Ir].[c-]1ccc2oc3cccc4c5cccnc5c1c2c34. The predicted molar refractivity (Wildman–Crippen MR) is 133 cm³/mol. The van der Waals surface area contributed by atoms with Gasteiger partial charge in [-0.25, -0.2) is 0 Å². The van der Waals surface area contributed by atoms with Crippen LogP contribution in [-0.4, -0.2) is 20.7 Å². The van der Waals surface area contributed by atoms with E-state index in [-0.39, 0.29) is 42.5 Å². The molecule has 0 bridgehead atoms. The predicted octanol–water partition coefficient (Wildman–Crippen LogP) is 7.59. The average molecular weight is 620 g/mol. The minimum absolute atomic E-state index is 0. The van der Waals surface area contributed by atoms with Crippen LogP contribution in [0.3, 0.4) is 0 Å². The van der Waals surface area contributed by atoms with E-state index in [2.05, 4.69) is 23.2 Å². The van der Waals surface area contributed by atoms with Crippen LogP contribution >= 0.6 is 0 Å². The summed E-state index contributed by atoms with van der Waals surface area (Å²) in [5, 5.41) is 15.3. The quantitative estimate of drug-likeness (QED) is 0.0691. The number of allylic oxidation sites excluding steroid dienone is 2. The van der Waals surface area contributed by atoms with Gasteiger partial charge in [-0.2, -0.15) is 0 Å². The third kappa shape index (κ3) is 4.66. The van der Waals surface area contributed by atoms with Crippen LogP contribution in [0.2, 0.25) is 0 Å². The molecule has 0 fully saturated rings. The molecule has 0 amide bonds. The van der Waals surface area contributed by atoms with Crippen LogP contribution in [0.15, 0.2) is 64.9 Å². The summed E-state index contributed by atoms with van der Waals surface area (Å²) in [4.78, 5) is 14.1. The molecule has 4 nitrogen and oxygen atoms in total. The fourth-order valence-electron chi connectivity index (χ4n) is 3.60. The van der Waals surface area contributed by atoms with Gasteiger partial charge >= 0.3 is 5.78 Å². The number of fused-ring (bicyclic) bond motifs is 3. The smallest absolute Gasteiger partial charge is 0.325 e. The molecule has 0 unspecified atom stereocenters. The van der Waals surface area contributed by atoms with Gasteiger partial charge in [0.25, 0.3) is 0 Å². The molecular formula is C28H29IrNO3. The first-order chi connectivity index (χ1) is 15.0. The van der Waals surface area contributed by atoms with Crippen molar-refractivity contribution in [2.24, 2.45) is 10.8 Å². The molecule has 0 saturated heterocycles. The second-order valence-electron chi connectivity index (χ2n) is 10.2. The zero-order chi connectivity index (χ0) is 23.3. The van der Waals surface area contributed by atoms with Crippen LogP contribution < -0.4 is 0 Å². The first-order valence-electron chi connectivity index (χ1n) is 10.8. The molecule has 33 heavy (non-hydrogen) atoms. The summed E-state index contributed by atoms with van der Waals surface area (Å²) in [7, 11) is 0. The molecule has 0 spiro atoms. The van der Waals surface area contributed by atoms with Gasteiger partial charge < -0.3 is 14.5 Å². The third-order valence-electron chi connectivity index (χ3n) is 5.60. The molecule has 173 valence electrons. The molecule has 2 heterocycles. The Labute approximate surface area is 207 Å². The normalized spacial score (nSPS) is 12.7. The Balaban J connectivity index is 0.000000196. The molecule has 0 atom stereocenters. The van der Waals surface area contributed by atoms with Crippen molar-refractivity contribution in [3.05, 3.63) is 66.6 Å². The van der Waals surface area contributed by atoms with E-state index in [0.29, 0.717) is 0 Å². The van der Waals surface area contributed by atoms with Gasteiger partial charge in [0.05, 0.1) is 17.1 Å². The van der Waals surface area contributed by atoms with Crippen molar-refractivity contribution in [2.75, 3.05) is 0 Å². The number of ketones is 1. The number of furan rings is 1. The first-order valence-corrected chi connectivity index (χ1v) is 10.8. The van der Waals surface area contributed by atoms with Crippen LogP contribution in [0.1, 0.15) is 41.5 Å². The van der Waals surface area contributed by atoms with E-state index in [1.54, 1.807) is 0 Å². The maximum atomic E-state index is 9.60. The van der Waals surface area contributed by atoms with Crippen LogP contribution in [0.4, 0.5) is 0 Å². The van der Waals surface area contributed by atoms with Crippen LogP contribution in [0.5, 0.6) is 0 Å². The zero-order valence-corrected chi connectivity index (χ0v) is 22.2. The molecule has 5 aromatic rings. The number of aliphatic hydroxyl groups is 1. The molecule has 5 heteroatoms. The molecule has 5 rings (SSSR count). The van der Waals surface area contributed by atoms with Gasteiger partial charge in [-0.3, -0.25) is 4.79 Å². The number of hydrogen-bond acceptors (Lipinski definition) is 3. The number of rotatable bonds is 1. The molecule has 2 N–H and O–H groups in total. The standard InChI is InChI=1S/C17H8NO.C11H20O2.Ir/c1-4-10-11-6-3-9-18-17(11)12-5-2-8-14-16(12)15(10)13(7-1)19-14;1-10(2,3)8(12)7-9(13)11(4,5)6;/h1-4,6-9H;7,12H,1-6H3;/q-1;;/p+1/b;8-7-;. The van der Waals surface area contributed by atoms with E-state index in [1.807, 2.05) is 78.1 Å². The number of aromatic nitrogens is 1. The van der Waals surface area contributed by atoms with E-state index in [9.17, 15) is 9.90 Å². The van der Waals surface area contributed by atoms with Crippen LogP contribution in [0.25, 0.3) is 43.6 Å². The van der Waals surface area contributed by atoms with Gasteiger partial charge in [0.15, 0.2) is 0 Å². The molecular weight excluding hydrogens is 591 g/mol. The number of aliphatic hydroxyl groups excluding tert-OH is 1. The Bertz CT molecular complexity index is 1380. The van der Waals surface area contributed by atoms with Crippen molar-refractivity contribution in [3.63, 3.8) is 0 Å². The van der Waals surface area contributed by atoms with Crippen molar-refractivity contribution in [1.29, 1.82) is 0 Å². The first kappa shape index (κ1) is 24.9. The Kier molecular flexibility index (Phi) is 6.70. The summed E-state index contributed by atoms with van der Waals surface area (Å²) in [5.41, 5.74) is 2.23. The summed E-state index contributed by atoms with van der Waals surface area (Å²) in [6.07, 6.45) is 3.27. The number of nitrogens with zero attached hydrogens (tertiary/aromatic N) is 1. The van der Waals surface area contributed by atoms with Gasteiger partial charge in [0.1, 0.15) is 11.3 Å². The molecule has 0 aliphatic rings. The van der Waals surface area contributed by atoms with E-state index in [1.165, 1.54) is 16.8 Å². The van der Waals surface area contributed by atoms with E-state index < -0.39 is 0 Å². The van der Waals surface area contributed by atoms with Crippen molar-refractivity contribution in [1.82, 2.24) is 4.98 Å². The van der Waals surface area contributed by atoms with Gasteiger partial charge in [-0.1, -0.05) is 50.4 Å². The topological polar surface area (TPSA) is 67.7 Å². The molecule has 3 aromatic carbocycles. The molecule has 0 saturated carbocycles. The molecule has 2 aromatic heterocycles. The van der Waals surface area contributed by atoms with Crippen LogP contribution in [-0.2, 0) is 20.1 Å². The van der Waals surface area contributed by atoms with Crippen molar-refractivity contribution < 1.29 is 34.4 Å². The van der Waals surface area contributed by atoms with Gasteiger partial charge in [-0.15, -0.1) is 17.5 Å². The van der Waals surface area contributed by atoms with Crippen LogP contribution in [0, 0.1) is 16.9 Å². The van der Waals surface area contributed by atoms with Crippen molar-refractivity contribution >= 4 is 49.4 Å². The van der Waals surface area contributed by atoms with Gasteiger partial charge in [-0.05, 0) is 54.6 Å². The summed E-state index contributed by atoms with van der Waals surface area (Å²) >= 11 is 0. The number of pyridine rings is 1. The summed E-state index contributed by atoms with van der Waals surface area (Å²) in [5.74, 6) is 0.417. The Morgan fingerprint density at radius 1 is 0.939 bits per heavy atom. The minimum Gasteiger partial charge on any atom is -0.511 e. The minimum atomic E-state index is -0.306. The molecule has 0 aliphatic heterocycles. The summed E-state index contributed by atoms with van der Waals surface area (Å²) < 4.78 is 5.94. The maximum Gasteiger partial charge on any atom is 0.325 e. The summed E-state index contributed by atoms with van der Waals surface area (Å²) in [6.45, 7) is 11.4. The third-order valence-corrected chi connectivity index (χ3v) is 5.60. The monoisotopic (exact) mass is 620 g/mol. The Morgan fingerprint density at radius 2 is 1.61 bits per heavy atom.